The Morgan fingerprint density at radius 2 is 1.10 bits per heavy atom. The molecule has 48 heavy (non-hydrogen) atoms. The first-order valence-corrected chi connectivity index (χ1v) is 17.3. The van der Waals surface area contributed by atoms with Gasteiger partial charge in [-0.2, -0.15) is 9.68 Å². The van der Waals surface area contributed by atoms with E-state index in [0.29, 0.717) is 38.5 Å². The lowest BCUT2D eigenvalue weighted by atomic mass is 9.72. The highest BCUT2D eigenvalue weighted by Gasteiger charge is 2.31. The van der Waals surface area contributed by atoms with Gasteiger partial charge < -0.3 is 20.4 Å². The number of phenolic OH excluding ortho intramolecular Hbond substituents is 4. The summed E-state index contributed by atoms with van der Waals surface area (Å²) in [6.07, 6.45) is 12.2. The summed E-state index contributed by atoms with van der Waals surface area (Å²) in [6.45, 7) is 17.0. The van der Waals surface area contributed by atoms with Crippen molar-refractivity contribution in [1.82, 2.24) is 0 Å². The molecule has 2 aliphatic carbocycles. The maximum absolute atomic E-state index is 12.2. The number of phenols is 4. The number of nitrogens with zero attached hydrogens (tertiary/aromatic N) is 1. The molecule has 260 valence electrons. The van der Waals surface area contributed by atoms with E-state index in [1.54, 1.807) is 12.1 Å². The quantitative estimate of drug-likeness (QED) is 0.0804. The lowest BCUT2D eigenvalue weighted by Crippen LogP contribution is -2.18. The second-order valence-electron chi connectivity index (χ2n) is 13.9. The molecule has 0 radical (unpaired) electrons. The molecule has 0 amide bonds. The first-order chi connectivity index (χ1) is 22.8. The molecule has 0 aromatic heterocycles. The van der Waals surface area contributed by atoms with E-state index in [-0.39, 0.29) is 65.0 Å². The molecule has 0 fully saturated rings. The molecule has 2 aromatic carbocycles. The van der Waals surface area contributed by atoms with Crippen molar-refractivity contribution in [3.8, 4) is 23.0 Å². The van der Waals surface area contributed by atoms with Crippen LogP contribution in [-0.4, -0.2) is 38.7 Å². The minimum Gasteiger partial charge on any atom is -0.508 e. The summed E-state index contributed by atoms with van der Waals surface area (Å²) in [5, 5.41) is 42.4. The zero-order valence-electron chi connectivity index (χ0n) is 29.1. The van der Waals surface area contributed by atoms with E-state index in [1.807, 2.05) is 13.8 Å². The molecule has 4 N–H and O–H groups in total. The van der Waals surface area contributed by atoms with Gasteiger partial charge in [0, 0.05) is 35.1 Å². The number of hydrogen-bond donors (Lipinski definition) is 4. The minimum absolute atomic E-state index is 0.0000420. The third-order valence-electron chi connectivity index (χ3n) is 9.96. The smallest absolute Gasteiger partial charge is 0.477 e. The highest BCUT2D eigenvalue weighted by Crippen LogP contribution is 2.47. The van der Waals surface area contributed by atoms with Gasteiger partial charge in [-0.1, -0.05) is 47.6 Å². The number of rotatable bonds is 16. The van der Waals surface area contributed by atoms with Gasteiger partial charge in [-0.15, -0.1) is 0 Å². The monoisotopic (exact) mass is 660 g/mol. The predicted octanol–water partition coefficient (Wildman–Crippen LogP) is 9.53. The summed E-state index contributed by atoms with van der Waals surface area (Å²) in [6, 6.07) is 6.25. The van der Waals surface area contributed by atoms with E-state index in [9.17, 15) is 25.3 Å². The average Bonchev–Trinajstić information content (AvgIpc) is 2.99. The Morgan fingerprint density at radius 1 is 0.708 bits per heavy atom. The fraction of sp³-hybridized carbons (Fsp3) is 0.500. The molecule has 0 saturated heterocycles. The van der Waals surface area contributed by atoms with Gasteiger partial charge in [0.1, 0.15) is 27.9 Å². The third-order valence-corrected chi connectivity index (χ3v) is 9.96. The molecule has 0 heterocycles. The Balaban J connectivity index is 1.24. The third kappa shape index (κ3) is 9.45. The first-order valence-electron chi connectivity index (χ1n) is 17.3. The molecule has 0 unspecified atom stereocenters. The Kier molecular flexibility index (Phi) is 12.8. The van der Waals surface area contributed by atoms with Crippen molar-refractivity contribution < 1.29 is 35.2 Å². The molecule has 0 saturated carbocycles. The summed E-state index contributed by atoms with van der Waals surface area (Å²) in [5.41, 5.74) is 8.18. The zero-order chi connectivity index (χ0) is 35.0. The second-order valence-corrected chi connectivity index (χ2v) is 13.9. The van der Waals surface area contributed by atoms with Gasteiger partial charge in [-0.25, -0.2) is 0 Å². The lowest BCUT2D eigenvalue weighted by Gasteiger charge is -2.32. The zero-order valence-corrected chi connectivity index (χ0v) is 29.1. The number of aryl methyl sites for hydroxylation is 2. The second kappa shape index (κ2) is 16.8. The van der Waals surface area contributed by atoms with E-state index < -0.39 is 0 Å². The fourth-order valence-electron chi connectivity index (χ4n) is 7.51. The van der Waals surface area contributed by atoms with Crippen molar-refractivity contribution in [2.45, 2.75) is 104 Å². The van der Waals surface area contributed by atoms with Crippen LogP contribution in [-0.2, 0) is 22.5 Å². The number of aromatic hydroxyl groups is 4. The van der Waals surface area contributed by atoms with Gasteiger partial charge in [0.05, 0.1) is 0 Å². The molecule has 2 aromatic rings. The molecule has 0 spiro atoms. The highest BCUT2D eigenvalue weighted by molar-refractivity contribution is 5.51. The number of hydrogen-bond acceptors (Lipinski definition) is 7. The van der Waals surface area contributed by atoms with Crippen LogP contribution in [0.4, 0.5) is 0 Å². The normalized spacial score (nSPS) is 20.8. The number of benzene rings is 2. The maximum atomic E-state index is 12.2. The van der Waals surface area contributed by atoms with Crippen LogP contribution < -0.4 is 0 Å². The summed E-state index contributed by atoms with van der Waals surface area (Å²) in [7, 11) is 0. The van der Waals surface area contributed by atoms with E-state index in [2.05, 4.69) is 39.2 Å². The van der Waals surface area contributed by atoms with Crippen molar-refractivity contribution in [3.05, 3.63) is 99.0 Å². The van der Waals surface area contributed by atoms with Gasteiger partial charge in [0.15, 0.2) is 13.2 Å². The molecule has 4 rings (SSSR count). The summed E-state index contributed by atoms with van der Waals surface area (Å²) < 4.78 is 0. The number of unbranched alkanes of at least 4 members (excludes halogenated alkanes) is 2. The van der Waals surface area contributed by atoms with Crippen LogP contribution in [0.2, 0.25) is 0 Å². The van der Waals surface area contributed by atoms with Gasteiger partial charge in [0.2, 0.25) is 0 Å². The Hall–Kier alpha value is -4.20. The SMILES string of the molecule is C=C(C)[C@H]1CCC(C)=C[C@@H]1c1c(O)cc(O)cc1CCCCO[N+](=O)OCCCCc1cc(O)cc(O)c1[C@H]1C=C(C)CC[C@@H]1C(=C)C. The van der Waals surface area contributed by atoms with Crippen molar-refractivity contribution in [2.75, 3.05) is 13.2 Å². The van der Waals surface area contributed by atoms with E-state index in [4.69, 9.17) is 9.68 Å². The van der Waals surface area contributed by atoms with Crippen LogP contribution in [0, 0.1) is 16.7 Å². The molecule has 0 aliphatic heterocycles. The van der Waals surface area contributed by atoms with E-state index >= 15 is 0 Å². The summed E-state index contributed by atoms with van der Waals surface area (Å²) in [5.74, 6) is 0.684. The van der Waals surface area contributed by atoms with Crippen molar-refractivity contribution in [1.29, 1.82) is 0 Å². The largest absolute Gasteiger partial charge is 0.508 e. The average molecular weight is 661 g/mol. The van der Waals surface area contributed by atoms with E-state index in [0.717, 1.165) is 59.1 Å². The predicted molar refractivity (Wildman–Crippen MR) is 189 cm³/mol. The minimum atomic E-state index is 0.0000420. The summed E-state index contributed by atoms with van der Waals surface area (Å²) in [4.78, 5) is 22.6. The Bertz CT molecular complexity index is 1440. The molecular formula is C40H54NO7+. The molecular weight excluding hydrogens is 606 g/mol. The van der Waals surface area contributed by atoms with Crippen LogP contribution in [0.1, 0.15) is 113 Å². The molecule has 4 atom stereocenters. The Labute approximate surface area is 285 Å². The van der Waals surface area contributed by atoms with Crippen LogP contribution in [0.3, 0.4) is 0 Å². The molecule has 8 nitrogen and oxygen atoms in total. The van der Waals surface area contributed by atoms with Crippen LogP contribution >= 0.6 is 0 Å². The van der Waals surface area contributed by atoms with Gasteiger partial charge >= 0.3 is 5.09 Å². The van der Waals surface area contributed by atoms with Crippen LogP contribution in [0.15, 0.2) is 71.9 Å². The first kappa shape index (κ1) is 36.6. The molecule has 8 heteroatoms. The van der Waals surface area contributed by atoms with E-state index in [1.165, 1.54) is 23.3 Å². The lowest BCUT2D eigenvalue weighted by molar-refractivity contribution is -0.981. The highest BCUT2D eigenvalue weighted by atomic mass is 17.0. The molecule has 0 bridgehead atoms. The Morgan fingerprint density at radius 3 is 1.48 bits per heavy atom. The van der Waals surface area contributed by atoms with Crippen molar-refractivity contribution in [3.63, 3.8) is 0 Å². The van der Waals surface area contributed by atoms with Crippen molar-refractivity contribution in [2.24, 2.45) is 11.8 Å². The van der Waals surface area contributed by atoms with Crippen molar-refractivity contribution >= 4 is 0 Å². The maximum Gasteiger partial charge on any atom is 0.477 e. The standard InChI is InChI=1S/C40H53NO7/c1-25(2)33-15-13-27(5)19-35(33)39-29(21-31(42)23-37(39)44)11-7-9-17-47-41(46)48-18-10-8-12-30-22-32(43)24-38(45)40(30)36-20-28(6)14-16-34(36)26(3)4/h19-24,33-36H,1,3,7-18H2,2,4-6H3,(H3-,42,43,44,45)/p+1/t33-,34-,35+,36+/m1/s1. The van der Waals surface area contributed by atoms with Gasteiger partial charge in [-0.3, -0.25) is 0 Å². The van der Waals surface area contributed by atoms with Crippen LogP contribution in [0.25, 0.3) is 0 Å². The van der Waals surface area contributed by atoms with Gasteiger partial charge in [0.25, 0.3) is 0 Å². The fourth-order valence-corrected chi connectivity index (χ4v) is 7.51. The number of allylic oxidation sites excluding steroid dienone is 6. The summed E-state index contributed by atoms with van der Waals surface area (Å²) >= 11 is 0. The molecule has 2 aliphatic rings. The van der Waals surface area contributed by atoms with Crippen LogP contribution in [0.5, 0.6) is 23.0 Å². The topological polar surface area (TPSA) is 119 Å². The van der Waals surface area contributed by atoms with Gasteiger partial charge in [-0.05, 0) is 127 Å².